The molecule has 3 aromatic rings. The largest absolute Gasteiger partial charge is 0.272 e. The Kier molecular flexibility index (Phi) is 8.44. The fraction of sp³-hybridized carbons (Fsp3) is 0.0909. The highest BCUT2D eigenvalue weighted by Gasteiger charge is 2.27. The summed E-state index contributed by atoms with van der Waals surface area (Å²) in [5.74, 6) is -0.587. The number of hydrazone groups is 1. The molecule has 0 saturated heterocycles. The van der Waals surface area contributed by atoms with E-state index in [1.165, 1.54) is 30.5 Å². The third-order valence-electron chi connectivity index (χ3n) is 4.27. The number of amides is 1. The molecule has 0 bridgehead atoms. The lowest BCUT2D eigenvalue weighted by atomic mass is 10.2. The fourth-order valence-corrected chi connectivity index (χ4v) is 4.92. The summed E-state index contributed by atoms with van der Waals surface area (Å²) in [6.07, 6.45) is 1.47. The van der Waals surface area contributed by atoms with Gasteiger partial charge in [-0.3, -0.25) is 4.79 Å². The van der Waals surface area contributed by atoms with Crippen molar-refractivity contribution < 1.29 is 13.2 Å². The molecule has 0 heterocycles. The van der Waals surface area contributed by atoms with Gasteiger partial charge in [-0.2, -0.15) is 9.41 Å². The topological polar surface area (TPSA) is 78.8 Å². The fourth-order valence-electron chi connectivity index (χ4n) is 2.78. The van der Waals surface area contributed by atoms with Crippen molar-refractivity contribution in [1.82, 2.24) is 9.73 Å². The molecule has 1 N–H and O–H groups in total. The molecule has 0 atom stereocenters. The molecule has 1 amide bonds. The maximum absolute atomic E-state index is 13.2. The van der Waals surface area contributed by atoms with Crippen molar-refractivity contribution >= 4 is 61.3 Å². The van der Waals surface area contributed by atoms with Crippen LogP contribution in [0, 0.1) is 0 Å². The predicted octanol–water partition coefficient (Wildman–Crippen LogP) is 5.10. The molecule has 0 aliphatic heterocycles. The Hall–Kier alpha value is -2.23. The highest BCUT2D eigenvalue weighted by molar-refractivity contribution is 9.10. The van der Waals surface area contributed by atoms with E-state index in [1.54, 1.807) is 24.3 Å². The number of nitrogens with one attached hydrogen (secondary N) is 1. The number of sulfonamides is 1. The van der Waals surface area contributed by atoms with Crippen molar-refractivity contribution in [2.24, 2.45) is 5.10 Å². The Morgan fingerprint density at radius 2 is 1.72 bits per heavy atom. The van der Waals surface area contributed by atoms with Crippen LogP contribution >= 0.6 is 39.1 Å². The molecule has 0 spiro atoms. The highest BCUT2D eigenvalue weighted by atomic mass is 79.9. The van der Waals surface area contributed by atoms with E-state index in [4.69, 9.17) is 23.2 Å². The molecule has 3 aromatic carbocycles. The van der Waals surface area contributed by atoms with Gasteiger partial charge in [-0.1, -0.05) is 63.4 Å². The Morgan fingerprint density at radius 1 is 1.00 bits per heavy atom. The lowest BCUT2D eigenvalue weighted by Crippen LogP contribution is -2.39. The van der Waals surface area contributed by atoms with Gasteiger partial charge in [-0.05, 0) is 59.7 Å². The molecular formula is C22H18BrCl2N3O3S. The minimum absolute atomic E-state index is 0.0226. The molecule has 6 nitrogen and oxygen atoms in total. The number of hydrogen-bond donors (Lipinski definition) is 1. The Balaban J connectivity index is 1.80. The quantitative estimate of drug-likeness (QED) is 0.311. The second-order valence-electron chi connectivity index (χ2n) is 6.71. The minimum atomic E-state index is -3.99. The van der Waals surface area contributed by atoms with Gasteiger partial charge >= 0.3 is 0 Å². The van der Waals surface area contributed by atoms with Gasteiger partial charge in [-0.15, -0.1) is 0 Å². The second kappa shape index (κ2) is 11.1. The Bertz CT molecular complexity index is 1240. The van der Waals surface area contributed by atoms with Gasteiger partial charge in [0, 0.05) is 21.1 Å². The van der Waals surface area contributed by atoms with E-state index < -0.39 is 22.5 Å². The summed E-state index contributed by atoms with van der Waals surface area (Å²) >= 11 is 15.3. The molecule has 0 aliphatic rings. The van der Waals surface area contributed by atoms with E-state index in [9.17, 15) is 13.2 Å². The first-order chi connectivity index (χ1) is 15.2. The predicted molar refractivity (Wildman–Crippen MR) is 130 cm³/mol. The third-order valence-corrected chi connectivity index (χ3v) is 7.06. The van der Waals surface area contributed by atoms with Crippen molar-refractivity contribution in [3.63, 3.8) is 0 Å². The van der Waals surface area contributed by atoms with Crippen LogP contribution in [0.25, 0.3) is 0 Å². The van der Waals surface area contributed by atoms with Crippen LogP contribution in [-0.4, -0.2) is 31.4 Å². The Morgan fingerprint density at radius 3 is 2.41 bits per heavy atom. The summed E-state index contributed by atoms with van der Waals surface area (Å²) < 4.78 is 28.4. The van der Waals surface area contributed by atoms with E-state index >= 15 is 0 Å². The van der Waals surface area contributed by atoms with Gasteiger partial charge in [0.2, 0.25) is 10.0 Å². The molecule has 32 heavy (non-hydrogen) atoms. The summed E-state index contributed by atoms with van der Waals surface area (Å²) in [5, 5.41) is 4.79. The van der Waals surface area contributed by atoms with Gasteiger partial charge in [-0.25, -0.2) is 13.8 Å². The number of halogens is 3. The number of benzene rings is 3. The summed E-state index contributed by atoms with van der Waals surface area (Å²) in [6, 6.07) is 19.9. The normalized spacial score (nSPS) is 11.8. The molecule has 0 radical (unpaired) electrons. The molecule has 166 valence electrons. The lowest BCUT2D eigenvalue weighted by Gasteiger charge is -2.21. The summed E-state index contributed by atoms with van der Waals surface area (Å²) in [4.78, 5) is 12.5. The SMILES string of the molecule is O=C(CN(Cc1cccc(Cl)c1)S(=O)(=O)c1ccc(Cl)cc1)N/N=C\c1cccc(Br)c1. The zero-order valence-electron chi connectivity index (χ0n) is 16.6. The highest BCUT2D eigenvalue weighted by Crippen LogP contribution is 2.21. The van der Waals surface area contributed by atoms with Crippen LogP contribution in [0.4, 0.5) is 0 Å². The van der Waals surface area contributed by atoms with Gasteiger partial charge in [0.05, 0.1) is 17.7 Å². The zero-order chi connectivity index (χ0) is 23.1. The molecule has 10 heteroatoms. The summed E-state index contributed by atoms with van der Waals surface area (Å²) in [7, 11) is -3.99. The van der Waals surface area contributed by atoms with Crippen LogP contribution in [0.15, 0.2) is 87.3 Å². The second-order valence-corrected chi connectivity index (χ2v) is 10.4. The Labute approximate surface area is 205 Å². The van der Waals surface area contributed by atoms with E-state index in [0.717, 1.165) is 14.3 Å². The molecule has 0 fully saturated rings. The van der Waals surface area contributed by atoms with E-state index in [1.807, 2.05) is 24.3 Å². The molecule has 0 unspecified atom stereocenters. The van der Waals surface area contributed by atoms with E-state index in [2.05, 4.69) is 26.5 Å². The first kappa shape index (κ1) is 24.4. The van der Waals surface area contributed by atoms with Crippen molar-refractivity contribution in [2.75, 3.05) is 6.54 Å². The molecule has 0 aromatic heterocycles. The third kappa shape index (κ3) is 6.88. The van der Waals surface area contributed by atoms with Crippen LogP contribution in [0.1, 0.15) is 11.1 Å². The zero-order valence-corrected chi connectivity index (χ0v) is 20.5. The standard InChI is InChI=1S/C22H18BrCl2N3O3S/c23-18-5-1-3-16(11-18)13-26-27-22(29)15-28(14-17-4-2-6-20(25)12-17)32(30,31)21-9-7-19(24)8-10-21/h1-13H,14-15H2,(H,27,29)/b26-13-. The smallest absolute Gasteiger partial charge is 0.255 e. The van der Waals surface area contributed by atoms with Crippen molar-refractivity contribution in [3.8, 4) is 0 Å². The number of rotatable bonds is 8. The average Bonchev–Trinajstić information content (AvgIpc) is 2.74. The van der Waals surface area contributed by atoms with Gasteiger partial charge < -0.3 is 0 Å². The monoisotopic (exact) mass is 553 g/mol. The number of carbonyl (C=O) groups excluding carboxylic acids is 1. The number of nitrogens with zero attached hydrogens (tertiary/aromatic N) is 2. The van der Waals surface area contributed by atoms with Crippen molar-refractivity contribution in [3.05, 3.63) is 98.4 Å². The molecule has 0 saturated carbocycles. The summed E-state index contributed by atoms with van der Waals surface area (Å²) in [5.41, 5.74) is 3.78. The average molecular weight is 555 g/mol. The lowest BCUT2D eigenvalue weighted by molar-refractivity contribution is -0.121. The maximum atomic E-state index is 13.2. The van der Waals surface area contributed by atoms with E-state index in [0.29, 0.717) is 15.6 Å². The van der Waals surface area contributed by atoms with Crippen molar-refractivity contribution in [1.29, 1.82) is 0 Å². The molecule has 0 aliphatic carbocycles. The number of carbonyl (C=O) groups is 1. The number of hydrogen-bond acceptors (Lipinski definition) is 4. The van der Waals surface area contributed by atoms with Crippen LogP contribution in [0.3, 0.4) is 0 Å². The van der Waals surface area contributed by atoms with Crippen molar-refractivity contribution in [2.45, 2.75) is 11.4 Å². The first-order valence-corrected chi connectivity index (χ1v) is 12.3. The van der Waals surface area contributed by atoms with Crippen LogP contribution in [-0.2, 0) is 21.4 Å². The first-order valence-electron chi connectivity index (χ1n) is 9.32. The molecule has 3 rings (SSSR count). The van der Waals surface area contributed by atoms with Gasteiger partial charge in [0.15, 0.2) is 0 Å². The van der Waals surface area contributed by atoms with Gasteiger partial charge in [0.25, 0.3) is 5.91 Å². The van der Waals surface area contributed by atoms with Crippen LogP contribution in [0.5, 0.6) is 0 Å². The minimum Gasteiger partial charge on any atom is -0.272 e. The summed E-state index contributed by atoms with van der Waals surface area (Å²) in [6.45, 7) is -0.485. The van der Waals surface area contributed by atoms with E-state index in [-0.39, 0.29) is 11.4 Å². The molecular weight excluding hydrogens is 537 g/mol. The maximum Gasteiger partial charge on any atom is 0.255 e. The van der Waals surface area contributed by atoms with Crippen LogP contribution < -0.4 is 5.43 Å². The van der Waals surface area contributed by atoms with Gasteiger partial charge in [0.1, 0.15) is 0 Å². The van der Waals surface area contributed by atoms with Crippen LogP contribution in [0.2, 0.25) is 10.0 Å².